The van der Waals surface area contributed by atoms with Crippen LogP contribution >= 0.6 is 7.82 Å². The number of unbranched alkanes of at least 4 members (excludes halogenated alkanes) is 10. The molecule has 0 saturated heterocycles. The first-order valence-electron chi connectivity index (χ1n) is 20.2. The van der Waals surface area contributed by atoms with E-state index in [9.17, 15) is 14.3 Å². The molecule has 0 spiro atoms. The van der Waals surface area contributed by atoms with Gasteiger partial charge in [-0.15, -0.1) is 0 Å². The number of phosphoric acid groups is 1. The van der Waals surface area contributed by atoms with Crippen LogP contribution in [0.25, 0.3) is 0 Å². The standard InChI is InChI=1S/C43H76NO7P/c1-6-8-10-12-14-15-16-17-18-19-20-21-22-23-24-25-26-27-28-29-30-32-34-36-43(45)51-42(40-48-38-35-33-31-13-11-9-7-2)41-50-52(46,47)49-39-37-44(3,4)5/h8,10,14-15,17-18,20-21,23-24,26-27,42H,6-7,9,11-13,16,19,22,25,28-41H2,1-5H3/b10-8-,15-14-,18-17-,21-20-,24-23-,27-26-. The number of carbonyl (C=O) groups is 1. The predicted octanol–water partition coefficient (Wildman–Crippen LogP) is 10.9. The minimum atomic E-state index is -4.52. The minimum Gasteiger partial charge on any atom is -0.756 e. The molecule has 0 aromatic rings. The van der Waals surface area contributed by atoms with E-state index >= 15 is 0 Å². The van der Waals surface area contributed by atoms with E-state index in [1.165, 1.54) is 32.1 Å². The second-order valence-corrected chi connectivity index (χ2v) is 15.7. The first kappa shape index (κ1) is 49.9. The lowest BCUT2D eigenvalue weighted by molar-refractivity contribution is -0.870. The monoisotopic (exact) mass is 750 g/mol. The highest BCUT2D eigenvalue weighted by atomic mass is 31.2. The van der Waals surface area contributed by atoms with Gasteiger partial charge in [-0.05, 0) is 64.2 Å². The highest BCUT2D eigenvalue weighted by Crippen LogP contribution is 2.38. The van der Waals surface area contributed by atoms with Crippen molar-refractivity contribution in [2.75, 3.05) is 54.1 Å². The third kappa shape index (κ3) is 39.2. The Balaban J connectivity index is 4.23. The lowest BCUT2D eigenvalue weighted by Crippen LogP contribution is -2.37. The molecular formula is C43H76NO7P. The Morgan fingerprint density at radius 1 is 0.615 bits per heavy atom. The number of quaternary nitrogens is 1. The third-order valence-corrected chi connectivity index (χ3v) is 8.99. The molecule has 0 N–H and O–H groups in total. The summed E-state index contributed by atoms with van der Waals surface area (Å²) in [7, 11) is 1.32. The van der Waals surface area contributed by atoms with Crippen LogP contribution in [0.1, 0.15) is 136 Å². The molecule has 0 rings (SSSR count). The molecule has 0 aromatic carbocycles. The molecule has 0 aliphatic heterocycles. The molecule has 2 unspecified atom stereocenters. The second kappa shape index (κ2) is 35.9. The van der Waals surface area contributed by atoms with Crippen LogP contribution in [-0.4, -0.2) is 70.7 Å². The van der Waals surface area contributed by atoms with Crippen molar-refractivity contribution in [2.45, 2.75) is 142 Å². The second-order valence-electron chi connectivity index (χ2n) is 14.3. The smallest absolute Gasteiger partial charge is 0.306 e. The summed E-state index contributed by atoms with van der Waals surface area (Å²) in [6.07, 6.45) is 45.0. The number of hydrogen-bond acceptors (Lipinski definition) is 7. The molecule has 0 aliphatic rings. The van der Waals surface area contributed by atoms with Crippen molar-refractivity contribution in [1.29, 1.82) is 0 Å². The molecule has 300 valence electrons. The Morgan fingerprint density at radius 3 is 1.67 bits per heavy atom. The molecule has 0 heterocycles. The van der Waals surface area contributed by atoms with Crippen molar-refractivity contribution in [3.8, 4) is 0 Å². The van der Waals surface area contributed by atoms with E-state index in [-0.39, 0.29) is 32.2 Å². The van der Waals surface area contributed by atoms with E-state index in [4.69, 9.17) is 18.5 Å². The van der Waals surface area contributed by atoms with E-state index < -0.39 is 13.9 Å². The van der Waals surface area contributed by atoms with Gasteiger partial charge in [0.05, 0.1) is 34.4 Å². The van der Waals surface area contributed by atoms with Crippen LogP contribution in [0.4, 0.5) is 0 Å². The molecule has 0 amide bonds. The molecule has 2 atom stereocenters. The summed E-state index contributed by atoms with van der Waals surface area (Å²) >= 11 is 0. The zero-order valence-corrected chi connectivity index (χ0v) is 34.6. The quantitative estimate of drug-likeness (QED) is 0.0207. The summed E-state index contributed by atoms with van der Waals surface area (Å²) in [4.78, 5) is 24.9. The number of esters is 1. The van der Waals surface area contributed by atoms with Gasteiger partial charge in [0.15, 0.2) is 0 Å². The fraction of sp³-hybridized carbons (Fsp3) is 0.698. The van der Waals surface area contributed by atoms with E-state index in [2.05, 4.69) is 86.8 Å². The zero-order valence-electron chi connectivity index (χ0n) is 33.7. The molecule has 0 saturated carbocycles. The summed E-state index contributed by atoms with van der Waals surface area (Å²) in [5.41, 5.74) is 0. The number of nitrogens with zero attached hydrogens (tertiary/aromatic N) is 1. The summed E-state index contributed by atoms with van der Waals surface area (Å²) in [6, 6.07) is 0. The maximum atomic E-state index is 12.6. The lowest BCUT2D eigenvalue weighted by atomic mass is 10.1. The van der Waals surface area contributed by atoms with Gasteiger partial charge < -0.3 is 27.9 Å². The Morgan fingerprint density at radius 2 is 1.12 bits per heavy atom. The highest BCUT2D eigenvalue weighted by Gasteiger charge is 2.20. The number of phosphoric ester groups is 1. The van der Waals surface area contributed by atoms with Gasteiger partial charge in [0.25, 0.3) is 7.82 Å². The average Bonchev–Trinajstić information content (AvgIpc) is 3.09. The summed E-state index contributed by atoms with van der Waals surface area (Å²) < 4.78 is 34.3. The van der Waals surface area contributed by atoms with Crippen LogP contribution in [0.5, 0.6) is 0 Å². The Kier molecular flexibility index (Phi) is 34.5. The fourth-order valence-electron chi connectivity index (χ4n) is 4.90. The van der Waals surface area contributed by atoms with E-state index in [0.717, 1.165) is 83.5 Å². The lowest BCUT2D eigenvalue weighted by Gasteiger charge is -2.28. The van der Waals surface area contributed by atoms with E-state index in [0.29, 0.717) is 17.6 Å². The molecule has 0 bridgehead atoms. The van der Waals surface area contributed by atoms with Crippen LogP contribution in [0, 0.1) is 0 Å². The third-order valence-electron chi connectivity index (χ3n) is 8.02. The number of hydrogen-bond donors (Lipinski definition) is 0. The highest BCUT2D eigenvalue weighted by molar-refractivity contribution is 7.45. The van der Waals surface area contributed by atoms with Crippen molar-refractivity contribution in [1.82, 2.24) is 0 Å². The van der Waals surface area contributed by atoms with Crippen molar-refractivity contribution >= 4 is 13.8 Å². The predicted molar refractivity (Wildman–Crippen MR) is 217 cm³/mol. The molecular weight excluding hydrogens is 673 g/mol. The maximum absolute atomic E-state index is 12.6. The summed E-state index contributed by atoms with van der Waals surface area (Å²) in [6.45, 7) is 5.19. The first-order valence-corrected chi connectivity index (χ1v) is 21.6. The fourth-order valence-corrected chi connectivity index (χ4v) is 5.63. The molecule has 0 aromatic heterocycles. The molecule has 0 fully saturated rings. The van der Waals surface area contributed by atoms with Crippen LogP contribution in [0.2, 0.25) is 0 Å². The summed E-state index contributed by atoms with van der Waals surface area (Å²) in [5, 5.41) is 0. The normalized spacial score (nSPS) is 14.7. The van der Waals surface area contributed by atoms with Gasteiger partial charge in [-0.1, -0.05) is 138 Å². The van der Waals surface area contributed by atoms with Crippen molar-refractivity contribution in [2.24, 2.45) is 0 Å². The number of ether oxygens (including phenoxy) is 2. The van der Waals surface area contributed by atoms with Crippen LogP contribution in [0.15, 0.2) is 72.9 Å². The Bertz CT molecular complexity index is 1060. The van der Waals surface area contributed by atoms with Crippen molar-refractivity contribution in [3.05, 3.63) is 72.9 Å². The van der Waals surface area contributed by atoms with Gasteiger partial charge >= 0.3 is 5.97 Å². The van der Waals surface area contributed by atoms with E-state index in [1.54, 1.807) is 0 Å². The van der Waals surface area contributed by atoms with Crippen molar-refractivity contribution in [3.63, 3.8) is 0 Å². The van der Waals surface area contributed by atoms with E-state index in [1.807, 2.05) is 21.1 Å². The molecule has 52 heavy (non-hydrogen) atoms. The van der Waals surface area contributed by atoms with Gasteiger partial charge in [0.1, 0.15) is 19.3 Å². The average molecular weight is 750 g/mol. The molecule has 8 nitrogen and oxygen atoms in total. The maximum Gasteiger partial charge on any atom is 0.306 e. The largest absolute Gasteiger partial charge is 0.756 e. The molecule has 9 heteroatoms. The molecule has 0 aliphatic carbocycles. The summed E-state index contributed by atoms with van der Waals surface area (Å²) in [5.74, 6) is -0.364. The Labute approximate surface area is 319 Å². The van der Waals surface area contributed by atoms with Gasteiger partial charge in [0, 0.05) is 13.0 Å². The van der Waals surface area contributed by atoms with Gasteiger partial charge in [0.2, 0.25) is 0 Å². The first-order chi connectivity index (χ1) is 25.1. The Hall–Kier alpha value is -2.06. The van der Waals surface area contributed by atoms with Gasteiger partial charge in [-0.3, -0.25) is 9.36 Å². The number of rotatable bonds is 36. The molecule has 0 radical (unpaired) electrons. The van der Waals surface area contributed by atoms with Crippen LogP contribution in [0.3, 0.4) is 0 Å². The van der Waals surface area contributed by atoms with Gasteiger partial charge in [-0.2, -0.15) is 0 Å². The van der Waals surface area contributed by atoms with Crippen LogP contribution < -0.4 is 4.89 Å². The SMILES string of the molecule is CC/C=C\C/C=C\C/C=C\C/C=C\C/C=C\C/C=C\CCCCCCC(=O)OC(COCCCCCCCCC)COP(=O)([O-])OCC[N+](C)(C)C. The zero-order chi connectivity index (χ0) is 38.4. The number of allylic oxidation sites excluding steroid dienone is 12. The topological polar surface area (TPSA) is 94.1 Å². The van der Waals surface area contributed by atoms with Crippen molar-refractivity contribution < 1.29 is 37.3 Å². The number of likely N-dealkylation sites (N-methyl/N-ethyl adjacent to an activating group) is 1. The van der Waals surface area contributed by atoms with Gasteiger partial charge in [-0.25, -0.2) is 0 Å². The van der Waals surface area contributed by atoms with Crippen LogP contribution in [-0.2, 0) is 27.9 Å². The minimum absolute atomic E-state index is 0.0174. The number of carbonyl (C=O) groups excluding carboxylic acids is 1.